The number of β-amino-alcohol motifs (C(OH)–C–C–N with tert-alkyl or cyclic N) is 1. The number of allylic oxidation sites excluding steroid dienone is 3. The molecule has 134 heavy (non-hydrogen) atoms. The van der Waals surface area contributed by atoms with Gasteiger partial charge >= 0.3 is 5.97 Å². The molecule has 5 aliphatic heterocycles. The van der Waals surface area contributed by atoms with Crippen LogP contribution in [0.1, 0.15) is 124 Å². The third-order valence-electron chi connectivity index (χ3n) is 30.1. The molecule has 0 bridgehead atoms. The number of rotatable bonds is 15. The summed E-state index contributed by atoms with van der Waals surface area (Å²) in [7, 11) is -8.94. The van der Waals surface area contributed by atoms with Gasteiger partial charge in [-0.25, -0.2) is 78.3 Å². The van der Waals surface area contributed by atoms with Crippen LogP contribution in [0.4, 0.5) is 62.3 Å². The van der Waals surface area contributed by atoms with Crippen molar-refractivity contribution in [2.75, 3.05) is 90.5 Å². The topological polar surface area (TPSA) is 340 Å². The number of nitrogens with two attached hydrogens (primary N) is 1. The number of carbonyl (C=O) groups is 1. The summed E-state index contributed by atoms with van der Waals surface area (Å²) < 4.78 is 235. The van der Waals surface area contributed by atoms with Crippen molar-refractivity contribution in [3.05, 3.63) is 203 Å². The van der Waals surface area contributed by atoms with E-state index in [0.717, 1.165) is 49.8 Å². The molecule has 4 spiro atoms. The number of fused-ring (bicyclic) bond motifs is 4. The average Bonchev–Trinajstić information content (AvgIpc) is 1.56. The van der Waals surface area contributed by atoms with Gasteiger partial charge in [-0.1, -0.05) is 43.4 Å². The first-order valence-electron chi connectivity index (χ1n) is 44.4. The Morgan fingerprint density at radius 1 is 0.463 bits per heavy atom. The Hall–Kier alpha value is -10.8. The summed E-state index contributed by atoms with van der Waals surface area (Å²) in [6, 6.07) is 16.9. The molecule has 9 fully saturated rings. The monoisotopic (exact) mass is 1930 g/mol. The lowest BCUT2D eigenvalue weighted by Crippen LogP contribution is -2.40. The summed E-state index contributed by atoms with van der Waals surface area (Å²) in [6.07, 6.45) is 23.0. The molecule has 21 rings (SSSR count). The number of aromatic amines is 1. The molecule has 712 valence electrons. The van der Waals surface area contributed by atoms with Crippen molar-refractivity contribution >= 4 is 97.6 Å². The number of aliphatic hydroxyl groups is 1. The number of benzene rings is 4. The number of aromatic nitrogens is 5. The van der Waals surface area contributed by atoms with Crippen LogP contribution in [0.5, 0.6) is 0 Å². The number of sulfone groups is 2. The Balaban J connectivity index is 0.000000120. The van der Waals surface area contributed by atoms with Gasteiger partial charge in [0.25, 0.3) is 45.9 Å². The van der Waals surface area contributed by atoms with Crippen LogP contribution >= 0.6 is 0 Å². The van der Waals surface area contributed by atoms with Gasteiger partial charge in [0.2, 0.25) is 20.0 Å². The zero-order valence-electron chi connectivity index (χ0n) is 74.2. The summed E-state index contributed by atoms with van der Waals surface area (Å²) in [6.45, 7) is 4.39. The van der Waals surface area contributed by atoms with Crippen LogP contribution in [0.3, 0.4) is 0 Å². The first kappa shape index (κ1) is 93.6. The van der Waals surface area contributed by atoms with Gasteiger partial charge in [-0.15, -0.1) is 0 Å². The molecule has 9 aromatic rings. The number of carboxylic acid groups (broad SMARTS) is 1. The Labute approximate surface area is 766 Å². The van der Waals surface area contributed by atoms with Gasteiger partial charge < -0.3 is 53.1 Å². The first-order chi connectivity index (χ1) is 62.9. The molecular weight excluding hydrogens is 1830 g/mol. The van der Waals surface area contributed by atoms with Crippen molar-refractivity contribution in [1.29, 1.82) is 0 Å². The second kappa shape index (κ2) is 32.7. The summed E-state index contributed by atoms with van der Waals surface area (Å²) in [4.78, 5) is 72.6. The SMILES string of the molecule is CCS(=O)(=O)c1ccc(N2CCC3(CC2)CC3(F)F)c(-c2cn(C)c(=O)c3c2C=CC3)c1.Cn1cc(-c2cc(S(=O)(=O)N3C[C@H](O)C[C@H]3C(=O)O)ccc2N2CCC3(CC2)CC3(F)F)c2c(c1=O)CC=C2.Cn1cc(-c2cc(S(C)(=O)=O)c(N3CCC4(CC3)CC4(F)F)cc2F)c2cc[nH]c2c1=O.Cn1cc(-c2cc(S(N)(=O)=O)ccc2N2CCC3(CC2)CC3(F)F)c2c(c1=O)CC=C2. The summed E-state index contributed by atoms with van der Waals surface area (Å²) in [5.41, 5.74) is 7.01. The number of hydrogen-bond donors (Lipinski definition) is 4. The van der Waals surface area contributed by atoms with Gasteiger partial charge in [0.15, 0.2) is 19.7 Å². The number of nitrogens with zero attached hydrogens (tertiary/aromatic N) is 9. The Bertz CT molecular complexity index is 7300. The molecule has 4 aromatic carbocycles. The lowest BCUT2D eigenvalue weighted by molar-refractivity contribution is -0.140. The van der Waals surface area contributed by atoms with Crippen molar-refractivity contribution in [3.63, 3.8) is 0 Å². The van der Waals surface area contributed by atoms with Gasteiger partial charge in [0.1, 0.15) is 17.4 Å². The molecule has 5 N–H and O–H groups in total. The molecule has 5 aromatic heterocycles. The number of carboxylic acids is 1. The van der Waals surface area contributed by atoms with Crippen molar-refractivity contribution in [1.82, 2.24) is 27.6 Å². The number of sulfonamides is 2. The van der Waals surface area contributed by atoms with Crippen LogP contribution in [0.25, 0.3) is 73.6 Å². The fourth-order valence-corrected chi connectivity index (χ4v) is 25.4. The smallest absolute Gasteiger partial charge is 0.322 e. The highest BCUT2D eigenvalue weighted by molar-refractivity contribution is 7.91. The van der Waals surface area contributed by atoms with Gasteiger partial charge in [0, 0.05) is 262 Å². The quantitative estimate of drug-likeness (QED) is 0.0547. The number of piperidine rings is 4. The predicted octanol–water partition coefficient (Wildman–Crippen LogP) is 13.1. The third kappa shape index (κ3) is 16.1. The van der Waals surface area contributed by atoms with Crippen LogP contribution < -0.4 is 47.0 Å². The van der Waals surface area contributed by atoms with E-state index >= 15 is 4.39 Å². The van der Waals surface area contributed by atoms with E-state index in [1.54, 1.807) is 94.2 Å². The molecule has 4 saturated carbocycles. The normalized spacial score (nSPS) is 21.8. The summed E-state index contributed by atoms with van der Waals surface area (Å²) >= 11 is 0. The number of anilines is 4. The lowest BCUT2D eigenvalue weighted by atomic mass is 9.91. The van der Waals surface area contributed by atoms with Crippen molar-refractivity contribution < 1.29 is 88.2 Å². The number of aliphatic carboxylic acids is 1. The maximum Gasteiger partial charge on any atom is 0.322 e. The fourth-order valence-electron chi connectivity index (χ4n) is 21.4. The molecule has 26 nitrogen and oxygen atoms in total. The second-order valence-electron chi connectivity index (χ2n) is 38.1. The number of pyridine rings is 4. The van der Waals surface area contributed by atoms with E-state index in [-0.39, 0.29) is 123 Å². The largest absolute Gasteiger partial charge is 0.480 e. The molecule has 39 heteroatoms. The zero-order chi connectivity index (χ0) is 96.0. The van der Waals surface area contributed by atoms with Gasteiger partial charge in [0.05, 0.1) is 37.1 Å². The van der Waals surface area contributed by atoms with Gasteiger partial charge in [-0.05, 0) is 160 Å². The lowest BCUT2D eigenvalue weighted by Gasteiger charge is -2.35. The van der Waals surface area contributed by atoms with E-state index < -0.39 is 109 Å². The van der Waals surface area contributed by atoms with Crippen LogP contribution in [0, 0.1) is 27.5 Å². The van der Waals surface area contributed by atoms with Gasteiger partial charge in [-0.3, -0.25) is 24.0 Å². The average molecular weight is 1940 g/mol. The van der Waals surface area contributed by atoms with E-state index in [1.165, 1.54) is 67.9 Å². The highest BCUT2D eigenvalue weighted by Crippen LogP contribution is 2.69. The molecule has 0 radical (unpaired) electrons. The minimum Gasteiger partial charge on any atom is -0.480 e. The molecule has 2 atom stereocenters. The number of hydrogen-bond acceptors (Lipinski definition) is 18. The number of aliphatic hydroxyl groups excluding tert-OH is 1. The van der Waals surface area contributed by atoms with Crippen LogP contribution in [0.2, 0.25) is 0 Å². The maximum absolute atomic E-state index is 15.4. The number of primary sulfonamides is 1. The predicted molar refractivity (Wildman–Crippen MR) is 490 cm³/mol. The zero-order valence-corrected chi connectivity index (χ0v) is 77.4. The number of halogens is 9. The van der Waals surface area contributed by atoms with Gasteiger partial charge in [-0.2, -0.15) is 4.31 Å². The number of alkyl halides is 8. The van der Waals surface area contributed by atoms with E-state index in [9.17, 15) is 103 Å². The van der Waals surface area contributed by atoms with E-state index in [4.69, 9.17) is 5.14 Å². The molecule has 7 aliphatic carbocycles. The van der Waals surface area contributed by atoms with Crippen LogP contribution in [0.15, 0.2) is 161 Å². The Kier molecular flexibility index (Phi) is 22.8. The van der Waals surface area contributed by atoms with Crippen molar-refractivity contribution in [2.24, 2.45) is 55.0 Å². The molecule has 10 heterocycles. The van der Waals surface area contributed by atoms with E-state index in [1.807, 2.05) is 46.3 Å². The molecule has 0 amide bonds. The summed E-state index contributed by atoms with van der Waals surface area (Å²) in [5, 5.41) is 25.5. The third-order valence-corrected chi connectivity index (χ3v) is 35.7. The first-order valence-corrected chi connectivity index (χ1v) is 50.9. The molecule has 12 aliphatic rings. The highest BCUT2D eigenvalue weighted by atomic mass is 32.2. The molecular formula is C95H100F9N11O15S4. The van der Waals surface area contributed by atoms with E-state index in [0.29, 0.717) is 158 Å². The number of nitrogens with one attached hydrogen (secondary N) is 1. The van der Waals surface area contributed by atoms with Crippen LogP contribution in [-0.2, 0) is 92.0 Å². The molecule has 0 unspecified atom stereocenters. The number of aryl methyl sites for hydroxylation is 4. The van der Waals surface area contributed by atoms with Crippen molar-refractivity contribution in [2.45, 2.75) is 165 Å². The highest BCUT2D eigenvalue weighted by Gasteiger charge is 2.73. The minimum atomic E-state index is -4.31. The maximum atomic E-state index is 15.4. The second-order valence-corrected chi connectivity index (χ2v) is 45.8. The van der Waals surface area contributed by atoms with E-state index in [2.05, 4.69) is 9.88 Å². The standard InChI is InChI=1S/C27H29F2N3O6S.C24H26F2N2O3S.C22H22F3N3O3S.C22H23F2N3O3S/c1-30-14-21(18-3-2-4-19(18)24(30)34)20-12-17(39(37,38)32-13-16(33)11-23(32)25(35)36)5-6-22(20)31-9-7-26(8-10-31)15-27(26,28)29;1-3-32(30,31)16-7-8-21(28-11-9-23(10-12-28)15-24(23,25)26)19(13-16)20-14-27(2)22(29)18-6-4-5-17(18)20;1-27-11-15(13-3-6-26-19(13)20(27)29)14-9-18(32(2,30)31)17(10-16(14)23)28-7-4-21(5-8-28)12-22(21,24)25;1-26-12-18(15-3-2-4-16(15)20(26)28)17-11-14(31(25,29)30)5-6-19(17)27-9-7-21(8-10-27)13-22(21,23)24/h2-3,5-6,12,14,16,23,33H,4,7-11,13,15H2,1H3,(H,35,36);4-5,7-8,13-14H,3,6,9-12,15H2,1-2H3;3,6,9-11,26H,4-5,7-8,12H2,1-2H3;2-3,5-6,11-12H,4,7-10,13H2,1H3,(H2,25,29,30)/t16-,23+;;;/m1.../s1. The molecule has 5 saturated heterocycles. The summed E-state index contributed by atoms with van der Waals surface area (Å²) in [5.74, 6) is -12.5. The Morgan fingerprint density at radius 2 is 0.806 bits per heavy atom. The Morgan fingerprint density at radius 3 is 1.16 bits per heavy atom. The minimum absolute atomic E-state index is 0.0155. The van der Waals surface area contributed by atoms with Crippen molar-refractivity contribution in [3.8, 4) is 44.5 Å². The fraction of sp³-hybridized carbons (Fsp3) is 0.442. The van der Waals surface area contributed by atoms with Crippen LogP contribution in [-0.4, -0.2) is 184 Å². The number of H-pyrrole nitrogens is 1.